The number of aryl methyl sites for hydroxylation is 2. The molecule has 1 aromatic heterocycles. The van der Waals surface area contributed by atoms with Crippen molar-refractivity contribution in [1.29, 1.82) is 0 Å². The SMILES string of the molecule is CCn1nc(C)cc1C(=O)CC1OCCc2ccccc21. The minimum absolute atomic E-state index is 0.0964. The van der Waals surface area contributed by atoms with E-state index in [-0.39, 0.29) is 11.9 Å². The standard InChI is InChI=1S/C17H20N2O2/c1-3-19-15(10-12(2)18-19)16(20)11-17-14-7-5-4-6-13(14)8-9-21-17/h4-7,10,17H,3,8-9,11H2,1-2H3. The van der Waals surface area contributed by atoms with Crippen LogP contribution in [0.25, 0.3) is 0 Å². The third-order valence-corrected chi connectivity index (χ3v) is 3.95. The topological polar surface area (TPSA) is 44.1 Å². The van der Waals surface area contributed by atoms with Crippen LogP contribution in [0.1, 0.15) is 46.8 Å². The molecule has 1 atom stereocenters. The zero-order chi connectivity index (χ0) is 14.8. The Hall–Kier alpha value is -1.94. The van der Waals surface area contributed by atoms with Crippen LogP contribution in [-0.2, 0) is 17.7 Å². The number of Topliss-reactive ketones (excluding diaryl/α,β-unsaturated/α-hetero) is 1. The number of carbonyl (C=O) groups is 1. The third kappa shape index (κ3) is 2.76. The van der Waals surface area contributed by atoms with E-state index in [2.05, 4.69) is 17.2 Å². The monoisotopic (exact) mass is 284 g/mol. The highest BCUT2D eigenvalue weighted by atomic mass is 16.5. The van der Waals surface area contributed by atoms with Gasteiger partial charge in [0.05, 0.1) is 18.4 Å². The van der Waals surface area contributed by atoms with Crippen molar-refractivity contribution in [2.75, 3.05) is 6.61 Å². The first kappa shape index (κ1) is 14.0. The van der Waals surface area contributed by atoms with Crippen molar-refractivity contribution >= 4 is 5.78 Å². The maximum absolute atomic E-state index is 12.6. The molecule has 0 fully saturated rings. The zero-order valence-corrected chi connectivity index (χ0v) is 12.5. The number of nitrogens with zero attached hydrogens (tertiary/aromatic N) is 2. The first-order valence-corrected chi connectivity index (χ1v) is 7.46. The van der Waals surface area contributed by atoms with E-state index < -0.39 is 0 Å². The lowest BCUT2D eigenvalue weighted by Gasteiger charge is -2.25. The van der Waals surface area contributed by atoms with Crippen molar-refractivity contribution in [1.82, 2.24) is 9.78 Å². The molecule has 2 heterocycles. The predicted molar refractivity (Wildman–Crippen MR) is 80.4 cm³/mol. The van der Waals surface area contributed by atoms with E-state index in [9.17, 15) is 4.79 Å². The van der Waals surface area contributed by atoms with Gasteiger partial charge >= 0.3 is 0 Å². The Labute approximate surface area is 124 Å². The summed E-state index contributed by atoms with van der Waals surface area (Å²) in [5, 5.41) is 4.34. The molecule has 1 aliphatic heterocycles. The lowest BCUT2D eigenvalue weighted by Crippen LogP contribution is -2.20. The minimum atomic E-state index is -0.136. The van der Waals surface area contributed by atoms with Gasteiger partial charge in [-0.2, -0.15) is 5.10 Å². The summed E-state index contributed by atoms with van der Waals surface area (Å²) in [5.41, 5.74) is 4.00. The molecule has 3 rings (SSSR count). The van der Waals surface area contributed by atoms with Crippen LogP contribution in [0, 0.1) is 6.92 Å². The Kier molecular flexibility index (Phi) is 3.88. The van der Waals surface area contributed by atoms with Crippen molar-refractivity contribution in [3.63, 3.8) is 0 Å². The molecular weight excluding hydrogens is 264 g/mol. The van der Waals surface area contributed by atoms with Gasteiger partial charge in [0.15, 0.2) is 5.78 Å². The van der Waals surface area contributed by atoms with Crippen molar-refractivity contribution in [2.24, 2.45) is 0 Å². The molecule has 0 saturated carbocycles. The summed E-state index contributed by atoms with van der Waals surface area (Å²) in [5.74, 6) is 0.0964. The molecule has 0 aliphatic carbocycles. The molecule has 0 radical (unpaired) electrons. The van der Waals surface area contributed by atoms with Crippen LogP contribution >= 0.6 is 0 Å². The molecule has 4 nitrogen and oxygen atoms in total. The maximum Gasteiger partial charge on any atom is 0.183 e. The predicted octanol–water partition coefficient (Wildman–Crippen LogP) is 3.10. The van der Waals surface area contributed by atoms with E-state index in [1.807, 2.05) is 32.0 Å². The lowest BCUT2D eigenvalue weighted by atomic mass is 9.94. The largest absolute Gasteiger partial charge is 0.373 e. The van der Waals surface area contributed by atoms with Crippen molar-refractivity contribution in [2.45, 2.75) is 39.3 Å². The molecule has 2 aromatic rings. The van der Waals surface area contributed by atoms with E-state index in [4.69, 9.17) is 4.74 Å². The highest BCUT2D eigenvalue weighted by Gasteiger charge is 2.25. The van der Waals surface area contributed by atoms with Gasteiger partial charge in [-0.15, -0.1) is 0 Å². The highest BCUT2D eigenvalue weighted by molar-refractivity contribution is 5.95. The smallest absolute Gasteiger partial charge is 0.183 e. The number of carbonyl (C=O) groups excluding carboxylic acids is 1. The third-order valence-electron chi connectivity index (χ3n) is 3.95. The number of fused-ring (bicyclic) bond motifs is 1. The molecule has 4 heteroatoms. The van der Waals surface area contributed by atoms with Crippen LogP contribution in [-0.4, -0.2) is 22.2 Å². The first-order valence-electron chi connectivity index (χ1n) is 7.46. The second-order valence-electron chi connectivity index (χ2n) is 5.42. The molecule has 1 unspecified atom stereocenters. The summed E-state index contributed by atoms with van der Waals surface area (Å²) in [7, 11) is 0. The van der Waals surface area contributed by atoms with Crippen LogP contribution < -0.4 is 0 Å². The van der Waals surface area contributed by atoms with Crippen LogP contribution in [0.15, 0.2) is 30.3 Å². The number of ether oxygens (including phenoxy) is 1. The van der Waals surface area contributed by atoms with Gasteiger partial charge < -0.3 is 4.74 Å². The molecular formula is C17H20N2O2. The normalized spacial score (nSPS) is 17.5. The Morgan fingerprint density at radius 1 is 1.43 bits per heavy atom. The van der Waals surface area contributed by atoms with Crippen LogP contribution in [0.2, 0.25) is 0 Å². The summed E-state index contributed by atoms with van der Waals surface area (Å²) < 4.78 is 7.60. The average molecular weight is 284 g/mol. The fourth-order valence-electron chi connectivity index (χ4n) is 2.93. The number of hydrogen-bond donors (Lipinski definition) is 0. The summed E-state index contributed by atoms with van der Waals surface area (Å²) in [6.07, 6.45) is 1.16. The van der Waals surface area contributed by atoms with E-state index in [1.165, 1.54) is 5.56 Å². The van der Waals surface area contributed by atoms with Crippen LogP contribution in [0.5, 0.6) is 0 Å². The van der Waals surface area contributed by atoms with Crippen LogP contribution in [0.4, 0.5) is 0 Å². The second kappa shape index (κ2) is 5.82. The van der Waals surface area contributed by atoms with Gasteiger partial charge in [0, 0.05) is 13.0 Å². The molecule has 0 amide bonds. The van der Waals surface area contributed by atoms with Gasteiger partial charge in [-0.3, -0.25) is 9.48 Å². The van der Waals surface area contributed by atoms with Gasteiger partial charge in [-0.05, 0) is 37.5 Å². The molecule has 0 bridgehead atoms. The summed E-state index contributed by atoms with van der Waals surface area (Å²) in [6, 6.07) is 10.1. The van der Waals surface area contributed by atoms with Gasteiger partial charge in [0.25, 0.3) is 0 Å². The highest BCUT2D eigenvalue weighted by Crippen LogP contribution is 2.30. The van der Waals surface area contributed by atoms with Crippen LogP contribution in [0.3, 0.4) is 0 Å². The molecule has 0 saturated heterocycles. The average Bonchev–Trinajstić information content (AvgIpc) is 2.89. The number of ketones is 1. The van der Waals surface area contributed by atoms with Gasteiger partial charge in [-0.25, -0.2) is 0 Å². The van der Waals surface area contributed by atoms with E-state index >= 15 is 0 Å². The summed E-state index contributed by atoms with van der Waals surface area (Å²) in [6.45, 7) is 5.29. The summed E-state index contributed by atoms with van der Waals surface area (Å²) >= 11 is 0. The Balaban J connectivity index is 1.82. The second-order valence-corrected chi connectivity index (χ2v) is 5.42. The Bertz CT molecular complexity index is 661. The van der Waals surface area contributed by atoms with Gasteiger partial charge in [0.2, 0.25) is 0 Å². The van der Waals surface area contributed by atoms with Gasteiger partial charge in [0.1, 0.15) is 5.69 Å². The molecule has 1 aromatic carbocycles. The Morgan fingerprint density at radius 3 is 3.05 bits per heavy atom. The fraction of sp³-hybridized carbons (Fsp3) is 0.412. The maximum atomic E-state index is 12.6. The Morgan fingerprint density at radius 2 is 2.24 bits per heavy atom. The lowest BCUT2D eigenvalue weighted by molar-refractivity contribution is 0.0348. The molecule has 21 heavy (non-hydrogen) atoms. The first-order chi connectivity index (χ1) is 10.2. The van der Waals surface area contributed by atoms with Gasteiger partial charge in [-0.1, -0.05) is 24.3 Å². The molecule has 110 valence electrons. The quantitative estimate of drug-likeness (QED) is 0.810. The van der Waals surface area contributed by atoms with E-state index in [0.717, 1.165) is 17.7 Å². The summed E-state index contributed by atoms with van der Waals surface area (Å²) in [4.78, 5) is 12.6. The number of hydrogen-bond acceptors (Lipinski definition) is 3. The zero-order valence-electron chi connectivity index (χ0n) is 12.5. The fourth-order valence-corrected chi connectivity index (χ4v) is 2.93. The van der Waals surface area contributed by atoms with E-state index in [1.54, 1.807) is 4.68 Å². The number of aromatic nitrogens is 2. The van der Waals surface area contributed by atoms with Crippen molar-refractivity contribution in [3.05, 3.63) is 52.8 Å². The molecule has 0 N–H and O–H groups in total. The minimum Gasteiger partial charge on any atom is -0.373 e. The number of benzene rings is 1. The number of rotatable bonds is 4. The van der Waals surface area contributed by atoms with Crippen molar-refractivity contribution < 1.29 is 9.53 Å². The molecule has 0 spiro atoms. The van der Waals surface area contributed by atoms with Crippen molar-refractivity contribution in [3.8, 4) is 0 Å². The van der Waals surface area contributed by atoms with E-state index in [0.29, 0.717) is 25.3 Å². The molecule has 1 aliphatic rings.